The molecule has 1 aliphatic heterocycles. The third-order valence-corrected chi connectivity index (χ3v) is 6.51. The summed E-state index contributed by atoms with van der Waals surface area (Å²) in [5, 5.41) is 9.08. The number of halogens is 2. The molecule has 0 bridgehead atoms. The number of Topliss-reactive ketones (excluding diaryl/α,β-unsaturated/α-hetero) is 1. The van der Waals surface area contributed by atoms with Crippen LogP contribution in [-0.2, 0) is 19.9 Å². The minimum absolute atomic E-state index is 0.0259. The zero-order valence-electron chi connectivity index (χ0n) is 19.0. The van der Waals surface area contributed by atoms with E-state index in [0.29, 0.717) is 11.6 Å². The third kappa shape index (κ3) is 5.01. The predicted molar refractivity (Wildman–Crippen MR) is 130 cm³/mol. The normalized spacial score (nSPS) is 16.9. The Bertz CT molecular complexity index is 1370. The number of rotatable bonds is 8. The van der Waals surface area contributed by atoms with E-state index >= 15 is 0 Å². The SMILES string of the molecule is CC1(c2ccccc2)OC=C(C(=O)SCCOc2ccc(-c3ccc(F)cc3F)cc2C(=O)O)C1=O. The molecule has 1 aliphatic rings. The van der Waals surface area contributed by atoms with Crippen molar-refractivity contribution in [1.82, 2.24) is 0 Å². The number of carboxylic acids is 1. The van der Waals surface area contributed by atoms with Gasteiger partial charge in [0.05, 0.1) is 6.61 Å². The number of aromatic carboxylic acids is 1. The number of ketones is 1. The molecular formula is C27H20F2O6S. The Morgan fingerprint density at radius 3 is 2.50 bits per heavy atom. The van der Waals surface area contributed by atoms with Crippen molar-refractivity contribution < 1.29 is 37.7 Å². The largest absolute Gasteiger partial charge is 0.492 e. The van der Waals surface area contributed by atoms with Crippen molar-refractivity contribution in [2.75, 3.05) is 12.4 Å². The second kappa shape index (κ2) is 10.3. The van der Waals surface area contributed by atoms with Crippen LogP contribution < -0.4 is 4.74 Å². The van der Waals surface area contributed by atoms with Crippen LogP contribution in [-0.4, -0.2) is 34.3 Å². The summed E-state index contributed by atoms with van der Waals surface area (Å²) in [5.41, 5.74) is -0.629. The van der Waals surface area contributed by atoms with Gasteiger partial charge in [-0.3, -0.25) is 9.59 Å². The lowest BCUT2D eigenvalue weighted by Gasteiger charge is -2.22. The van der Waals surface area contributed by atoms with Gasteiger partial charge in [0.25, 0.3) is 0 Å². The van der Waals surface area contributed by atoms with E-state index in [2.05, 4.69) is 0 Å². The first kappa shape index (κ1) is 25.1. The Balaban J connectivity index is 1.37. The minimum atomic E-state index is -1.29. The lowest BCUT2D eigenvalue weighted by Crippen LogP contribution is -2.31. The Kier molecular flexibility index (Phi) is 7.21. The molecule has 0 radical (unpaired) electrons. The molecule has 9 heteroatoms. The maximum atomic E-state index is 14.1. The molecule has 6 nitrogen and oxygen atoms in total. The van der Waals surface area contributed by atoms with Gasteiger partial charge in [0, 0.05) is 22.9 Å². The molecule has 1 atom stereocenters. The van der Waals surface area contributed by atoms with E-state index in [9.17, 15) is 28.3 Å². The second-order valence-corrected chi connectivity index (χ2v) is 9.07. The molecule has 0 saturated carbocycles. The van der Waals surface area contributed by atoms with E-state index in [1.54, 1.807) is 31.2 Å². The Hall–Kier alpha value is -3.98. The van der Waals surface area contributed by atoms with Gasteiger partial charge < -0.3 is 14.6 Å². The highest BCUT2D eigenvalue weighted by Crippen LogP contribution is 2.36. The lowest BCUT2D eigenvalue weighted by molar-refractivity contribution is -0.130. The van der Waals surface area contributed by atoms with Crippen molar-refractivity contribution >= 4 is 28.6 Å². The monoisotopic (exact) mass is 510 g/mol. The van der Waals surface area contributed by atoms with Gasteiger partial charge in [0.1, 0.15) is 34.8 Å². The second-order valence-electron chi connectivity index (χ2n) is 8.00. The van der Waals surface area contributed by atoms with Gasteiger partial charge in [-0.2, -0.15) is 0 Å². The van der Waals surface area contributed by atoms with Crippen LogP contribution >= 0.6 is 11.8 Å². The molecule has 1 N–H and O–H groups in total. The summed E-state index contributed by atoms with van der Waals surface area (Å²) in [6, 6.07) is 15.9. The molecule has 0 aromatic heterocycles. The average molecular weight is 511 g/mol. The van der Waals surface area contributed by atoms with Gasteiger partial charge in [-0.25, -0.2) is 13.6 Å². The van der Waals surface area contributed by atoms with Crippen molar-refractivity contribution in [3.8, 4) is 16.9 Å². The average Bonchev–Trinajstić information content (AvgIpc) is 3.17. The number of benzene rings is 3. The predicted octanol–water partition coefficient (Wildman–Crippen LogP) is 5.37. The van der Waals surface area contributed by atoms with Crippen LogP contribution in [0.5, 0.6) is 5.75 Å². The fourth-order valence-corrected chi connectivity index (χ4v) is 4.36. The quantitative estimate of drug-likeness (QED) is 0.322. The van der Waals surface area contributed by atoms with Crippen LogP contribution in [0.1, 0.15) is 22.8 Å². The number of carbonyl (C=O) groups is 3. The van der Waals surface area contributed by atoms with Gasteiger partial charge in [0.2, 0.25) is 10.9 Å². The summed E-state index contributed by atoms with van der Waals surface area (Å²) >= 11 is 0.845. The molecule has 0 fully saturated rings. The van der Waals surface area contributed by atoms with Gasteiger partial charge in [-0.15, -0.1) is 0 Å². The van der Waals surface area contributed by atoms with E-state index < -0.39 is 34.1 Å². The highest BCUT2D eigenvalue weighted by molar-refractivity contribution is 8.14. The fourth-order valence-electron chi connectivity index (χ4n) is 3.71. The Morgan fingerprint density at radius 2 is 1.81 bits per heavy atom. The van der Waals surface area contributed by atoms with E-state index in [4.69, 9.17) is 9.47 Å². The molecule has 1 heterocycles. The summed E-state index contributed by atoms with van der Waals surface area (Å²) in [6.07, 6.45) is 1.17. The molecule has 184 valence electrons. The van der Waals surface area contributed by atoms with Crippen LogP contribution in [0.3, 0.4) is 0 Å². The zero-order chi connectivity index (χ0) is 25.9. The molecule has 0 saturated heterocycles. The van der Waals surface area contributed by atoms with E-state index in [1.165, 1.54) is 30.5 Å². The molecular weight excluding hydrogens is 490 g/mol. The van der Waals surface area contributed by atoms with Gasteiger partial charge in [0.15, 0.2) is 5.60 Å². The molecule has 4 rings (SSSR count). The smallest absolute Gasteiger partial charge is 0.339 e. The van der Waals surface area contributed by atoms with Crippen molar-refractivity contribution in [2.24, 2.45) is 0 Å². The standard InChI is InChI=1S/C27H20F2O6S/c1-27(17-5-3-2-4-6-17)24(30)21(15-35-27)26(33)36-12-11-34-23-10-7-16(13-20(23)25(31)32)19-9-8-18(28)14-22(19)29/h2-10,13-15H,11-12H2,1H3,(H,31,32). The number of hydrogen-bond acceptors (Lipinski definition) is 6. The molecule has 3 aromatic carbocycles. The van der Waals surface area contributed by atoms with Crippen LogP contribution in [0.25, 0.3) is 11.1 Å². The summed E-state index contributed by atoms with van der Waals surface area (Å²) in [5.74, 6) is -3.14. The van der Waals surface area contributed by atoms with Gasteiger partial charge in [-0.05, 0) is 36.8 Å². The Morgan fingerprint density at radius 1 is 1.06 bits per heavy atom. The van der Waals surface area contributed by atoms with Gasteiger partial charge in [-0.1, -0.05) is 48.2 Å². The van der Waals surface area contributed by atoms with Crippen molar-refractivity contribution in [3.63, 3.8) is 0 Å². The third-order valence-electron chi connectivity index (χ3n) is 5.66. The number of carboxylic acid groups (broad SMARTS) is 1. The summed E-state index contributed by atoms with van der Waals surface area (Å²) in [7, 11) is 0. The first-order chi connectivity index (χ1) is 17.2. The zero-order valence-corrected chi connectivity index (χ0v) is 19.8. The molecule has 0 aliphatic carbocycles. The molecule has 0 amide bonds. The number of thioether (sulfide) groups is 1. The van der Waals surface area contributed by atoms with Crippen molar-refractivity contribution in [3.05, 3.63) is 101 Å². The molecule has 3 aromatic rings. The van der Waals surface area contributed by atoms with Gasteiger partial charge >= 0.3 is 5.97 Å². The first-order valence-electron chi connectivity index (χ1n) is 10.8. The first-order valence-corrected chi connectivity index (χ1v) is 11.8. The Labute approximate surface area is 209 Å². The minimum Gasteiger partial charge on any atom is -0.492 e. The lowest BCUT2D eigenvalue weighted by atomic mass is 9.90. The van der Waals surface area contributed by atoms with E-state index in [1.807, 2.05) is 6.07 Å². The summed E-state index contributed by atoms with van der Waals surface area (Å²) < 4.78 is 38.4. The van der Waals surface area contributed by atoms with Crippen molar-refractivity contribution in [2.45, 2.75) is 12.5 Å². The molecule has 0 spiro atoms. The highest BCUT2D eigenvalue weighted by atomic mass is 32.2. The molecule has 36 heavy (non-hydrogen) atoms. The van der Waals surface area contributed by atoms with E-state index in [-0.39, 0.29) is 40.4 Å². The number of carbonyl (C=O) groups excluding carboxylic acids is 2. The maximum Gasteiger partial charge on any atom is 0.339 e. The number of hydrogen-bond donors (Lipinski definition) is 1. The van der Waals surface area contributed by atoms with Crippen molar-refractivity contribution in [1.29, 1.82) is 0 Å². The van der Waals surface area contributed by atoms with Crippen LogP contribution in [0.2, 0.25) is 0 Å². The van der Waals surface area contributed by atoms with Crippen LogP contribution in [0, 0.1) is 11.6 Å². The topological polar surface area (TPSA) is 89.9 Å². The van der Waals surface area contributed by atoms with Crippen LogP contribution in [0.4, 0.5) is 8.78 Å². The maximum absolute atomic E-state index is 14.1. The fraction of sp³-hybridized carbons (Fsp3) is 0.148. The summed E-state index contributed by atoms with van der Waals surface area (Å²) in [4.78, 5) is 37.2. The summed E-state index contributed by atoms with van der Waals surface area (Å²) in [6.45, 7) is 1.57. The molecule has 1 unspecified atom stereocenters. The highest BCUT2D eigenvalue weighted by Gasteiger charge is 2.45. The van der Waals surface area contributed by atoms with E-state index in [0.717, 1.165) is 17.8 Å². The number of ether oxygens (including phenoxy) is 2. The van der Waals surface area contributed by atoms with Crippen LogP contribution in [0.15, 0.2) is 78.6 Å².